The molecule has 0 spiro atoms. The highest BCUT2D eigenvalue weighted by Gasteiger charge is 2.37. The zero-order chi connectivity index (χ0) is 10.8. The van der Waals surface area contributed by atoms with Crippen molar-refractivity contribution in [2.45, 2.75) is 37.9 Å². The van der Waals surface area contributed by atoms with E-state index in [9.17, 15) is 9.59 Å². The number of aliphatic carboxylic acids is 1. The summed E-state index contributed by atoms with van der Waals surface area (Å²) in [5, 5.41) is 8.73. The third kappa shape index (κ3) is 2.12. The van der Waals surface area contributed by atoms with Gasteiger partial charge in [0.2, 0.25) is 0 Å². The summed E-state index contributed by atoms with van der Waals surface area (Å²) in [5.74, 6) is -0.997. The fourth-order valence-corrected chi connectivity index (χ4v) is 2.14. The lowest BCUT2D eigenvalue weighted by Crippen LogP contribution is -2.37. The van der Waals surface area contributed by atoms with E-state index in [0.717, 1.165) is 25.9 Å². The Hall–Kier alpha value is -1.10. The van der Waals surface area contributed by atoms with E-state index in [4.69, 9.17) is 9.84 Å². The highest BCUT2D eigenvalue weighted by atomic mass is 16.5. The van der Waals surface area contributed by atoms with Crippen LogP contribution in [0, 0.1) is 0 Å². The first-order chi connectivity index (χ1) is 7.18. The Morgan fingerprint density at radius 2 is 1.73 bits per heavy atom. The van der Waals surface area contributed by atoms with Crippen LogP contribution >= 0.6 is 0 Å². The second kappa shape index (κ2) is 4.18. The number of nitrogens with zero attached hydrogens (tertiary/aromatic N) is 1. The Morgan fingerprint density at radius 1 is 1.13 bits per heavy atom. The number of carboxylic acid groups (broad SMARTS) is 1. The molecule has 0 unspecified atom stereocenters. The van der Waals surface area contributed by atoms with Crippen molar-refractivity contribution in [3.8, 4) is 0 Å². The van der Waals surface area contributed by atoms with Gasteiger partial charge in [-0.2, -0.15) is 0 Å². The molecule has 0 saturated carbocycles. The third-order valence-corrected chi connectivity index (χ3v) is 2.99. The van der Waals surface area contributed by atoms with Crippen molar-refractivity contribution in [3.05, 3.63) is 0 Å². The normalized spacial score (nSPS) is 30.8. The minimum Gasteiger partial charge on any atom is -0.479 e. The summed E-state index contributed by atoms with van der Waals surface area (Å²) < 4.78 is 5.21. The summed E-state index contributed by atoms with van der Waals surface area (Å²) >= 11 is 0. The Morgan fingerprint density at radius 3 is 2.27 bits per heavy atom. The number of carbonyl (C=O) groups excluding carboxylic acids is 1. The lowest BCUT2D eigenvalue weighted by atomic mass is 10.2. The van der Waals surface area contributed by atoms with Crippen LogP contribution in [-0.4, -0.2) is 47.2 Å². The van der Waals surface area contributed by atoms with Gasteiger partial charge in [-0.05, 0) is 25.7 Å². The van der Waals surface area contributed by atoms with Gasteiger partial charge >= 0.3 is 5.97 Å². The van der Waals surface area contributed by atoms with Gasteiger partial charge in [-0.1, -0.05) is 0 Å². The van der Waals surface area contributed by atoms with E-state index in [1.165, 1.54) is 0 Å². The lowest BCUT2D eigenvalue weighted by Gasteiger charge is -2.19. The Labute approximate surface area is 88.0 Å². The fraction of sp³-hybridized carbons (Fsp3) is 0.800. The Kier molecular flexibility index (Phi) is 2.90. The molecule has 2 heterocycles. The number of rotatable bonds is 2. The van der Waals surface area contributed by atoms with Crippen LogP contribution in [0.1, 0.15) is 25.7 Å². The van der Waals surface area contributed by atoms with Crippen LogP contribution in [0.15, 0.2) is 0 Å². The minimum absolute atomic E-state index is 0.0312. The van der Waals surface area contributed by atoms with Crippen LogP contribution < -0.4 is 0 Å². The zero-order valence-electron chi connectivity index (χ0n) is 8.52. The highest BCUT2D eigenvalue weighted by Crippen LogP contribution is 2.23. The van der Waals surface area contributed by atoms with Crippen LogP contribution in [0.3, 0.4) is 0 Å². The lowest BCUT2D eigenvalue weighted by molar-refractivity contribution is -0.154. The zero-order valence-corrected chi connectivity index (χ0v) is 8.52. The van der Waals surface area contributed by atoms with E-state index < -0.39 is 18.2 Å². The maximum absolute atomic E-state index is 11.8. The van der Waals surface area contributed by atoms with Gasteiger partial charge in [0.1, 0.15) is 6.10 Å². The summed E-state index contributed by atoms with van der Waals surface area (Å²) in [7, 11) is 0. The Bertz CT molecular complexity index is 273. The van der Waals surface area contributed by atoms with Crippen molar-refractivity contribution in [3.63, 3.8) is 0 Å². The fourth-order valence-electron chi connectivity index (χ4n) is 2.14. The molecule has 1 amide bonds. The predicted molar refractivity (Wildman–Crippen MR) is 51.3 cm³/mol. The van der Waals surface area contributed by atoms with Gasteiger partial charge in [0.05, 0.1) is 0 Å². The van der Waals surface area contributed by atoms with E-state index in [0.29, 0.717) is 12.8 Å². The van der Waals surface area contributed by atoms with Gasteiger partial charge in [0, 0.05) is 13.1 Å². The molecule has 5 heteroatoms. The van der Waals surface area contributed by atoms with Crippen LogP contribution in [-0.2, 0) is 14.3 Å². The van der Waals surface area contributed by atoms with Crippen molar-refractivity contribution in [2.24, 2.45) is 0 Å². The average Bonchev–Trinajstić information content (AvgIpc) is 2.88. The van der Waals surface area contributed by atoms with Crippen molar-refractivity contribution in [1.29, 1.82) is 0 Å². The molecule has 5 nitrogen and oxygen atoms in total. The molecule has 1 N–H and O–H groups in total. The predicted octanol–water partition coefficient (Wildman–Crippen LogP) is 0.241. The molecule has 0 aromatic carbocycles. The monoisotopic (exact) mass is 213 g/mol. The number of likely N-dealkylation sites (tertiary alicyclic amines) is 1. The molecule has 0 bridgehead atoms. The molecule has 2 fully saturated rings. The smallest absolute Gasteiger partial charge is 0.332 e. The summed E-state index contributed by atoms with van der Waals surface area (Å²) in [4.78, 5) is 24.2. The molecule has 2 aliphatic heterocycles. The first-order valence-corrected chi connectivity index (χ1v) is 5.35. The largest absolute Gasteiger partial charge is 0.479 e. The second-order valence-electron chi connectivity index (χ2n) is 4.06. The molecule has 2 saturated heterocycles. The van der Waals surface area contributed by atoms with Crippen molar-refractivity contribution < 1.29 is 19.4 Å². The Balaban J connectivity index is 1.89. The highest BCUT2D eigenvalue weighted by molar-refractivity contribution is 5.82. The number of hydrogen-bond acceptors (Lipinski definition) is 3. The van der Waals surface area contributed by atoms with Crippen molar-refractivity contribution in [1.82, 2.24) is 4.90 Å². The van der Waals surface area contributed by atoms with Gasteiger partial charge < -0.3 is 14.7 Å². The topological polar surface area (TPSA) is 66.8 Å². The van der Waals surface area contributed by atoms with Gasteiger partial charge in [0.15, 0.2) is 6.10 Å². The number of amides is 1. The molecule has 0 aromatic heterocycles. The number of ether oxygens (including phenoxy) is 1. The van der Waals surface area contributed by atoms with Gasteiger partial charge in [-0.3, -0.25) is 4.79 Å². The van der Waals surface area contributed by atoms with E-state index in [1.807, 2.05) is 0 Å². The van der Waals surface area contributed by atoms with Crippen molar-refractivity contribution >= 4 is 11.9 Å². The molecule has 84 valence electrons. The van der Waals surface area contributed by atoms with E-state index in [2.05, 4.69) is 0 Å². The quantitative estimate of drug-likeness (QED) is 0.713. The maximum atomic E-state index is 11.8. The second-order valence-corrected chi connectivity index (χ2v) is 4.06. The van der Waals surface area contributed by atoms with Crippen LogP contribution in [0.5, 0.6) is 0 Å². The van der Waals surface area contributed by atoms with E-state index >= 15 is 0 Å². The van der Waals surface area contributed by atoms with E-state index in [1.54, 1.807) is 4.90 Å². The molecule has 0 aromatic rings. The SMILES string of the molecule is O=C(O)[C@@H]1CC[C@@H](C(=O)N2CCCC2)O1. The first kappa shape index (κ1) is 10.4. The summed E-state index contributed by atoms with van der Waals surface area (Å²) in [5.41, 5.74) is 0. The number of hydrogen-bond donors (Lipinski definition) is 1. The van der Waals surface area contributed by atoms with Gasteiger partial charge in [-0.25, -0.2) is 4.79 Å². The third-order valence-electron chi connectivity index (χ3n) is 2.99. The molecule has 0 aliphatic carbocycles. The molecule has 0 radical (unpaired) electrons. The van der Waals surface area contributed by atoms with E-state index in [-0.39, 0.29) is 5.91 Å². The standard InChI is InChI=1S/C10H15NO4/c12-9(11-5-1-2-6-11)7-3-4-8(15-7)10(13)14/h7-8H,1-6H2,(H,13,14)/t7-,8-/m0/s1. The molecular weight excluding hydrogens is 198 g/mol. The molecule has 15 heavy (non-hydrogen) atoms. The van der Waals surface area contributed by atoms with Gasteiger partial charge in [0.25, 0.3) is 5.91 Å². The van der Waals surface area contributed by atoms with Gasteiger partial charge in [-0.15, -0.1) is 0 Å². The molecule has 2 atom stereocenters. The maximum Gasteiger partial charge on any atom is 0.332 e. The minimum atomic E-state index is -0.966. The average molecular weight is 213 g/mol. The first-order valence-electron chi connectivity index (χ1n) is 5.35. The number of carbonyl (C=O) groups is 2. The molecule has 2 rings (SSSR count). The van der Waals surface area contributed by atoms with Crippen LogP contribution in [0.2, 0.25) is 0 Å². The summed E-state index contributed by atoms with van der Waals surface area (Å²) in [6.45, 7) is 1.58. The molecular formula is C10H15NO4. The van der Waals surface area contributed by atoms with Crippen LogP contribution in [0.4, 0.5) is 0 Å². The summed E-state index contributed by atoms with van der Waals surface area (Å²) in [6.07, 6.45) is 1.75. The van der Waals surface area contributed by atoms with Crippen LogP contribution in [0.25, 0.3) is 0 Å². The van der Waals surface area contributed by atoms with Crippen molar-refractivity contribution in [2.75, 3.05) is 13.1 Å². The number of carboxylic acids is 1. The molecule has 2 aliphatic rings. The summed E-state index contributed by atoms with van der Waals surface area (Å²) in [6, 6.07) is 0.